The van der Waals surface area contributed by atoms with Gasteiger partial charge in [0, 0.05) is 10.8 Å². The number of unbranched alkanes of at least 4 members (excludes halogenated alkanes) is 1. The highest BCUT2D eigenvalue weighted by atomic mass is 35.5. The number of benzene rings is 3. The molecule has 42 heavy (non-hydrogen) atoms. The van der Waals surface area contributed by atoms with Crippen molar-refractivity contribution in [3.8, 4) is 5.75 Å². The summed E-state index contributed by atoms with van der Waals surface area (Å²) >= 11 is 8.69. The lowest BCUT2D eigenvalue weighted by molar-refractivity contribution is -0.117. The predicted molar refractivity (Wildman–Crippen MR) is 168 cm³/mol. The van der Waals surface area contributed by atoms with Crippen molar-refractivity contribution in [1.29, 1.82) is 0 Å². The van der Waals surface area contributed by atoms with Gasteiger partial charge in [0.15, 0.2) is 15.9 Å². The lowest BCUT2D eigenvalue weighted by Gasteiger charge is -2.24. The van der Waals surface area contributed by atoms with E-state index in [9.17, 15) is 14.7 Å². The number of hydrogen-bond donors (Lipinski definition) is 1. The highest BCUT2D eigenvalue weighted by molar-refractivity contribution is 8.00. The van der Waals surface area contributed by atoms with Crippen LogP contribution >= 0.6 is 34.7 Å². The predicted octanol–water partition coefficient (Wildman–Crippen LogP) is 7.85. The van der Waals surface area contributed by atoms with Crippen LogP contribution in [0.15, 0.2) is 101 Å². The molecule has 1 unspecified atom stereocenters. The maximum Gasteiger partial charge on any atom is 0.296 e. The van der Waals surface area contributed by atoms with Gasteiger partial charge in [-0.1, -0.05) is 109 Å². The summed E-state index contributed by atoms with van der Waals surface area (Å²) in [6.45, 7) is 2.63. The Kier molecular flexibility index (Phi) is 9.74. The molecule has 5 rings (SSSR count). The molecule has 0 bridgehead atoms. The summed E-state index contributed by atoms with van der Waals surface area (Å²) in [6, 6.07) is 23.2. The van der Waals surface area contributed by atoms with Gasteiger partial charge in [-0.25, -0.2) is 0 Å². The first kappa shape index (κ1) is 29.6. The fourth-order valence-corrected chi connectivity index (χ4v) is 6.34. The zero-order valence-electron chi connectivity index (χ0n) is 22.8. The molecule has 1 amide bonds. The smallest absolute Gasteiger partial charge is 0.296 e. The van der Waals surface area contributed by atoms with Crippen LogP contribution in [0.2, 0.25) is 5.02 Å². The maximum atomic E-state index is 13.6. The molecule has 1 aliphatic rings. The van der Waals surface area contributed by atoms with Crippen LogP contribution in [0.25, 0.3) is 6.08 Å². The standard InChI is InChI=1S/C32H28ClN3O4S2/c1-2-3-18-40-25-11-7-10-23(19-25)28-27(26(37)17-14-21-8-5-4-6-9-21)29(38)30(39)36(28)31-34-35-32(42-31)41-20-22-12-15-24(33)16-13-22/h4-17,19,28,38H,2-3,18,20H2,1H3/b17-14+. The number of aliphatic hydroxyl groups is 1. The first-order chi connectivity index (χ1) is 20.4. The first-order valence-corrected chi connectivity index (χ1v) is 15.6. The summed E-state index contributed by atoms with van der Waals surface area (Å²) in [5.41, 5.74) is 2.47. The molecule has 0 spiro atoms. The van der Waals surface area contributed by atoms with Gasteiger partial charge in [-0.2, -0.15) is 0 Å². The second kappa shape index (κ2) is 13.8. The van der Waals surface area contributed by atoms with E-state index in [0.29, 0.717) is 33.0 Å². The SMILES string of the molecule is CCCCOc1cccc(C2C(C(=O)/C=C/c3ccccc3)=C(O)C(=O)N2c2nnc(SCc3ccc(Cl)cc3)s2)c1. The Hall–Kier alpha value is -3.92. The van der Waals surface area contributed by atoms with Crippen molar-refractivity contribution in [2.75, 3.05) is 11.5 Å². The van der Waals surface area contributed by atoms with Gasteiger partial charge in [-0.3, -0.25) is 14.5 Å². The number of halogens is 1. The molecule has 0 fully saturated rings. The number of ether oxygens (including phenoxy) is 1. The third-order valence-electron chi connectivity index (χ3n) is 6.52. The van der Waals surface area contributed by atoms with E-state index in [4.69, 9.17) is 16.3 Å². The molecule has 0 saturated carbocycles. The second-order valence-corrected chi connectivity index (χ2v) is 12.1. The van der Waals surface area contributed by atoms with Gasteiger partial charge >= 0.3 is 0 Å². The molecule has 1 N–H and O–H groups in total. The molecule has 3 aromatic carbocycles. The fraction of sp³-hybridized carbons (Fsp3) is 0.188. The van der Waals surface area contributed by atoms with Crippen molar-refractivity contribution in [3.05, 3.63) is 118 Å². The van der Waals surface area contributed by atoms with Crippen molar-refractivity contribution >= 4 is 57.6 Å². The summed E-state index contributed by atoms with van der Waals surface area (Å²) in [4.78, 5) is 28.4. The second-order valence-electron chi connectivity index (χ2n) is 9.49. The van der Waals surface area contributed by atoms with Crippen molar-refractivity contribution in [1.82, 2.24) is 10.2 Å². The quantitative estimate of drug-likeness (QED) is 0.0749. The Balaban J connectivity index is 1.46. The number of carbonyl (C=O) groups excluding carboxylic acids is 2. The van der Waals surface area contributed by atoms with E-state index in [2.05, 4.69) is 17.1 Å². The summed E-state index contributed by atoms with van der Waals surface area (Å²) in [7, 11) is 0. The monoisotopic (exact) mass is 617 g/mol. The third-order valence-corrected chi connectivity index (χ3v) is 8.90. The molecular weight excluding hydrogens is 590 g/mol. The minimum Gasteiger partial charge on any atom is -0.503 e. The number of ketones is 1. The molecule has 0 radical (unpaired) electrons. The van der Waals surface area contributed by atoms with Crippen LogP contribution in [-0.4, -0.2) is 33.6 Å². The van der Waals surface area contributed by atoms with Crippen molar-refractivity contribution in [2.45, 2.75) is 35.9 Å². The zero-order chi connectivity index (χ0) is 29.5. The summed E-state index contributed by atoms with van der Waals surface area (Å²) in [5.74, 6) is -0.540. The van der Waals surface area contributed by atoms with Gasteiger partial charge in [0.2, 0.25) is 5.13 Å². The van der Waals surface area contributed by atoms with E-state index in [0.717, 1.165) is 24.0 Å². The highest BCUT2D eigenvalue weighted by Crippen LogP contribution is 2.44. The Morgan fingerprint density at radius 2 is 1.88 bits per heavy atom. The molecule has 214 valence electrons. The molecular formula is C32H28ClN3O4S2. The summed E-state index contributed by atoms with van der Waals surface area (Å²) < 4.78 is 6.55. The van der Waals surface area contributed by atoms with Crippen molar-refractivity contribution in [2.24, 2.45) is 0 Å². The number of allylic oxidation sites excluding steroid dienone is 1. The van der Waals surface area contributed by atoms with Crippen LogP contribution in [0, 0.1) is 0 Å². The van der Waals surface area contributed by atoms with Crippen LogP contribution in [0.4, 0.5) is 5.13 Å². The number of aliphatic hydroxyl groups excluding tert-OH is 1. The third kappa shape index (κ3) is 6.92. The molecule has 7 nitrogen and oxygen atoms in total. The number of aromatic nitrogens is 2. The Morgan fingerprint density at radius 1 is 1.10 bits per heavy atom. The topological polar surface area (TPSA) is 92.6 Å². The molecule has 4 aromatic rings. The largest absolute Gasteiger partial charge is 0.503 e. The van der Waals surface area contributed by atoms with E-state index in [1.165, 1.54) is 34.1 Å². The number of anilines is 1. The number of nitrogens with zero attached hydrogens (tertiary/aromatic N) is 3. The van der Waals surface area contributed by atoms with Gasteiger partial charge < -0.3 is 9.84 Å². The number of thioether (sulfide) groups is 1. The summed E-state index contributed by atoms with van der Waals surface area (Å²) in [6.07, 6.45) is 4.92. The van der Waals surface area contributed by atoms with Crippen LogP contribution in [0.3, 0.4) is 0 Å². The Bertz CT molecular complexity index is 1620. The van der Waals surface area contributed by atoms with Gasteiger partial charge in [0.25, 0.3) is 5.91 Å². The van der Waals surface area contributed by atoms with Crippen molar-refractivity contribution in [3.63, 3.8) is 0 Å². The van der Waals surface area contributed by atoms with Crippen LogP contribution < -0.4 is 9.64 Å². The van der Waals surface area contributed by atoms with E-state index >= 15 is 0 Å². The average molecular weight is 618 g/mol. The minimum absolute atomic E-state index is 0.0246. The van der Waals surface area contributed by atoms with Gasteiger partial charge in [-0.05, 0) is 53.5 Å². The molecule has 10 heteroatoms. The van der Waals surface area contributed by atoms with Crippen molar-refractivity contribution < 1.29 is 19.4 Å². The number of carbonyl (C=O) groups is 2. The summed E-state index contributed by atoms with van der Waals surface area (Å²) in [5, 5.41) is 20.6. The molecule has 1 aliphatic heterocycles. The number of rotatable bonds is 12. The lowest BCUT2D eigenvalue weighted by Crippen LogP contribution is -2.30. The number of hydrogen-bond acceptors (Lipinski definition) is 8. The maximum absolute atomic E-state index is 13.6. The molecule has 1 aromatic heterocycles. The Morgan fingerprint density at radius 3 is 2.64 bits per heavy atom. The average Bonchev–Trinajstić information content (AvgIpc) is 3.58. The van der Waals surface area contributed by atoms with Gasteiger partial charge in [0.05, 0.1) is 18.2 Å². The minimum atomic E-state index is -0.915. The van der Waals surface area contributed by atoms with Crippen LogP contribution in [0.1, 0.15) is 42.5 Å². The van der Waals surface area contributed by atoms with Crippen LogP contribution in [0.5, 0.6) is 5.75 Å². The fourth-order valence-electron chi connectivity index (χ4n) is 4.39. The molecule has 2 heterocycles. The van der Waals surface area contributed by atoms with E-state index in [-0.39, 0.29) is 10.7 Å². The van der Waals surface area contributed by atoms with E-state index in [1.54, 1.807) is 12.1 Å². The molecule has 0 saturated heterocycles. The normalized spacial score (nSPS) is 15.1. The molecule has 1 atom stereocenters. The first-order valence-electron chi connectivity index (χ1n) is 13.4. The zero-order valence-corrected chi connectivity index (χ0v) is 25.2. The van der Waals surface area contributed by atoms with Gasteiger partial charge in [-0.15, -0.1) is 10.2 Å². The van der Waals surface area contributed by atoms with E-state index in [1.807, 2.05) is 72.8 Å². The molecule has 0 aliphatic carbocycles. The van der Waals surface area contributed by atoms with Gasteiger partial charge in [0.1, 0.15) is 5.75 Å². The lowest BCUT2D eigenvalue weighted by atomic mass is 9.95. The Labute approximate surface area is 257 Å². The number of amides is 1. The van der Waals surface area contributed by atoms with E-state index < -0.39 is 23.5 Å². The van der Waals surface area contributed by atoms with Crippen LogP contribution in [-0.2, 0) is 15.3 Å². The highest BCUT2D eigenvalue weighted by Gasteiger charge is 2.45.